The van der Waals surface area contributed by atoms with Crippen LogP contribution in [0.4, 0.5) is 0 Å². The predicted octanol–water partition coefficient (Wildman–Crippen LogP) is -0.326. The minimum atomic E-state index is 0.114. The van der Waals surface area contributed by atoms with Gasteiger partial charge in [0.25, 0.3) is 0 Å². The first-order chi connectivity index (χ1) is 5.74. The molecule has 0 saturated carbocycles. The highest BCUT2D eigenvalue weighted by atomic mass is 16.2. The van der Waals surface area contributed by atoms with Gasteiger partial charge in [-0.2, -0.15) is 5.26 Å². The maximum absolute atomic E-state index is 11.3. The summed E-state index contributed by atoms with van der Waals surface area (Å²) in [5, 5.41) is 8.45. The molecule has 0 aromatic rings. The quantitative estimate of drug-likeness (QED) is 0.503. The molecule has 0 spiro atoms. The Morgan fingerprint density at radius 3 is 3.00 bits per heavy atom. The first-order valence-corrected chi connectivity index (χ1v) is 4.07. The minimum absolute atomic E-state index is 0.114. The first-order valence-electron chi connectivity index (χ1n) is 4.07. The van der Waals surface area contributed by atoms with Gasteiger partial charge in [0.15, 0.2) is 0 Å². The zero-order valence-electron chi connectivity index (χ0n) is 7.29. The van der Waals surface area contributed by atoms with Crippen LogP contribution in [0.25, 0.3) is 0 Å². The summed E-state index contributed by atoms with van der Waals surface area (Å²) in [4.78, 5) is 14.9. The van der Waals surface area contributed by atoms with Crippen molar-refractivity contribution in [2.45, 2.75) is 6.42 Å². The molecule has 1 heterocycles. The van der Waals surface area contributed by atoms with Gasteiger partial charge in [-0.1, -0.05) is 0 Å². The standard InChI is InChI=1S/C8H13N3O/c1-10-4-2-5-11(6-3-9)7-8(10)12/h2,4-7H2,1H3. The van der Waals surface area contributed by atoms with Crippen molar-refractivity contribution in [2.75, 3.05) is 33.2 Å². The van der Waals surface area contributed by atoms with Crippen molar-refractivity contribution < 1.29 is 4.79 Å². The molecule has 0 unspecified atom stereocenters. The molecule has 0 bridgehead atoms. The van der Waals surface area contributed by atoms with Crippen LogP contribution < -0.4 is 0 Å². The molecule has 1 amide bonds. The van der Waals surface area contributed by atoms with Gasteiger partial charge in [0.1, 0.15) is 0 Å². The lowest BCUT2D eigenvalue weighted by Crippen LogP contribution is -2.34. The maximum Gasteiger partial charge on any atom is 0.236 e. The molecule has 1 aliphatic rings. The lowest BCUT2D eigenvalue weighted by Gasteiger charge is -2.15. The fourth-order valence-electron chi connectivity index (χ4n) is 1.28. The van der Waals surface area contributed by atoms with Gasteiger partial charge in [0, 0.05) is 20.1 Å². The third-order valence-electron chi connectivity index (χ3n) is 2.05. The molecule has 1 aliphatic heterocycles. The smallest absolute Gasteiger partial charge is 0.236 e. The highest BCUT2D eigenvalue weighted by Crippen LogP contribution is 2.00. The van der Waals surface area contributed by atoms with Crippen molar-refractivity contribution in [1.29, 1.82) is 5.26 Å². The molecular formula is C8H13N3O. The van der Waals surface area contributed by atoms with Crippen LogP contribution in [0, 0.1) is 11.3 Å². The first kappa shape index (κ1) is 9.01. The summed E-state index contributed by atoms with van der Waals surface area (Å²) in [7, 11) is 1.80. The molecule has 66 valence electrons. The fraction of sp³-hybridized carbons (Fsp3) is 0.750. The van der Waals surface area contributed by atoms with Gasteiger partial charge < -0.3 is 4.90 Å². The van der Waals surface area contributed by atoms with E-state index in [9.17, 15) is 4.79 Å². The van der Waals surface area contributed by atoms with E-state index in [2.05, 4.69) is 6.07 Å². The number of hydrogen-bond acceptors (Lipinski definition) is 3. The Labute approximate surface area is 72.4 Å². The van der Waals surface area contributed by atoms with Gasteiger partial charge in [-0.25, -0.2) is 0 Å². The second kappa shape index (κ2) is 4.07. The number of hydrogen-bond donors (Lipinski definition) is 0. The summed E-state index contributed by atoms with van der Waals surface area (Å²) in [5.74, 6) is 0.114. The molecule has 1 rings (SSSR count). The second-order valence-corrected chi connectivity index (χ2v) is 3.04. The summed E-state index contributed by atoms with van der Waals surface area (Å²) in [5.41, 5.74) is 0. The lowest BCUT2D eigenvalue weighted by molar-refractivity contribution is -0.129. The molecule has 1 saturated heterocycles. The summed E-state index contributed by atoms with van der Waals surface area (Å²) in [6, 6.07) is 2.06. The summed E-state index contributed by atoms with van der Waals surface area (Å²) in [6.07, 6.45) is 0.962. The van der Waals surface area contributed by atoms with Crippen LogP contribution in [0.5, 0.6) is 0 Å². The Hall–Kier alpha value is -1.08. The Morgan fingerprint density at radius 2 is 2.33 bits per heavy atom. The third-order valence-corrected chi connectivity index (χ3v) is 2.05. The van der Waals surface area contributed by atoms with E-state index in [0.29, 0.717) is 13.1 Å². The number of carbonyl (C=O) groups is 1. The number of nitrogens with zero attached hydrogens (tertiary/aromatic N) is 3. The van der Waals surface area contributed by atoms with Gasteiger partial charge in [0.05, 0.1) is 19.2 Å². The van der Waals surface area contributed by atoms with Crippen molar-refractivity contribution in [3.63, 3.8) is 0 Å². The van der Waals surface area contributed by atoms with Crippen molar-refractivity contribution in [2.24, 2.45) is 0 Å². The van der Waals surface area contributed by atoms with Gasteiger partial charge in [-0.3, -0.25) is 9.69 Å². The Balaban J connectivity index is 2.49. The van der Waals surface area contributed by atoms with Gasteiger partial charge in [-0.05, 0) is 6.42 Å². The van der Waals surface area contributed by atoms with E-state index < -0.39 is 0 Å². The SMILES string of the molecule is CN1CCCN(CC#N)CC1=O. The lowest BCUT2D eigenvalue weighted by atomic mass is 10.4. The number of carbonyl (C=O) groups excluding carboxylic acids is 1. The van der Waals surface area contributed by atoms with Crippen LogP contribution >= 0.6 is 0 Å². The monoisotopic (exact) mass is 167 g/mol. The maximum atomic E-state index is 11.3. The highest BCUT2D eigenvalue weighted by molar-refractivity contribution is 5.78. The van der Waals surface area contributed by atoms with Crippen molar-refractivity contribution in [1.82, 2.24) is 9.80 Å². The van der Waals surface area contributed by atoms with Crippen LogP contribution in [0.15, 0.2) is 0 Å². The molecule has 0 atom stereocenters. The molecule has 4 nitrogen and oxygen atoms in total. The van der Waals surface area contributed by atoms with Crippen LogP contribution in [0.2, 0.25) is 0 Å². The Bertz CT molecular complexity index is 209. The van der Waals surface area contributed by atoms with Crippen molar-refractivity contribution in [3.05, 3.63) is 0 Å². The zero-order chi connectivity index (χ0) is 8.97. The Morgan fingerprint density at radius 1 is 1.58 bits per heavy atom. The highest BCUT2D eigenvalue weighted by Gasteiger charge is 2.17. The molecule has 4 heteroatoms. The van der Waals surface area contributed by atoms with Crippen LogP contribution in [-0.2, 0) is 4.79 Å². The van der Waals surface area contributed by atoms with Gasteiger partial charge in [-0.15, -0.1) is 0 Å². The summed E-state index contributed by atoms with van der Waals surface area (Å²) >= 11 is 0. The number of rotatable bonds is 1. The summed E-state index contributed by atoms with van der Waals surface area (Å²) in [6.45, 7) is 2.41. The minimum Gasteiger partial charge on any atom is -0.345 e. The van der Waals surface area contributed by atoms with Gasteiger partial charge in [0.2, 0.25) is 5.91 Å². The molecular weight excluding hydrogens is 154 g/mol. The van der Waals surface area contributed by atoms with Gasteiger partial charge >= 0.3 is 0 Å². The topological polar surface area (TPSA) is 47.3 Å². The molecule has 0 aliphatic carbocycles. The molecule has 1 fully saturated rings. The average molecular weight is 167 g/mol. The van der Waals surface area contributed by atoms with Crippen molar-refractivity contribution in [3.8, 4) is 6.07 Å². The molecule has 12 heavy (non-hydrogen) atoms. The molecule has 0 aromatic carbocycles. The number of nitriles is 1. The normalized spacial score (nSPS) is 20.3. The van der Waals surface area contributed by atoms with E-state index in [1.807, 2.05) is 4.90 Å². The van der Waals surface area contributed by atoms with Crippen LogP contribution in [0.1, 0.15) is 6.42 Å². The van der Waals surface area contributed by atoms with E-state index in [0.717, 1.165) is 19.5 Å². The molecule has 0 aromatic heterocycles. The van der Waals surface area contributed by atoms with E-state index in [1.165, 1.54) is 0 Å². The van der Waals surface area contributed by atoms with Crippen molar-refractivity contribution >= 4 is 5.91 Å². The average Bonchev–Trinajstić information content (AvgIpc) is 2.16. The van der Waals surface area contributed by atoms with E-state index in [4.69, 9.17) is 5.26 Å². The number of amides is 1. The van der Waals surface area contributed by atoms with Crippen LogP contribution in [0.3, 0.4) is 0 Å². The Kier molecular flexibility index (Phi) is 3.06. The van der Waals surface area contributed by atoms with E-state index in [1.54, 1.807) is 11.9 Å². The second-order valence-electron chi connectivity index (χ2n) is 3.04. The number of likely N-dealkylation sites (N-methyl/N-ethyl adjacent to an activating group) is 1. The van der Waals surface area contributed by atoms with Crippen LogP contribution in [-0.4, -0.2) is 48.9 Å². The largest absolute Gasteiger partial charge is 0.345 e. The van der Waals surface area contributed by atoms with E-state index >= 15 is 0 Å². The van der Waals surface area contributed by atoms with E-state index in [-0.39, 0.29) is 5.91 Å². The predicted molar refractivity (Wildman–Crippen MR) is 44.3 cm³/mol. The zero-order valence-corrected chi connectivity index (χ0v) is 7.29. The fourth-order valence-corrected chi connectivity index (χ4v) is 1.28. The molecule has 0 N–H and O–H groups in total. The summed E-state index contributed by atoms with van der Waals surface area (Å²) < 4.78 is 0. The molecule has 0 radical (unpaired) electrons. The third kappa shape index (κ3) is 2.21.